The molecule has 0 aliphatic carbocycles. The van der Waals surface area contributed by atoms with E-state index in [1.165, 1.54) is 12.1 Å². The third kappa shape index (κ3) is 5.84. The fourth-order valence-electron chi connectivity index (χ4n) is 3.53. The highest BCUT2D eigenvalue weighted by Crippen LogP contribution is 2.30. The fraction of sp³-hybridized carbons (Fsp3) is 0.381. The van der Waals surface area contributed by atoms with Gasteiger partial charge < -0.3 is 19.1 Å². The number of carboxylic acid groups (broad SMARTS) is 1. The van der Waals surface area contributed by atoms with Gasteiger partial charge in [0.2, 0.25) is 0 Å². The lowest BCUT2D eigenvalue weighted by Crippen LogP contribution is -2.49. The van der Waals surface area contributed by atoms with E-state index in [9.17, 15) is 22.5 Å². The van der Waals surface area contributed by atoms with Crippen molar-refractivity contribution in [3.05, 3.63) is 52.7 Å². The Morgan fingerprint density at radius 1 is 1.16 bits per heavy atom. The predicted molar refractivity (Wildman–Crippen MR) is 114 cm³/mol. The molecule has 0 bridgehead atoms. The normalized spacial score (nSPS) is 17.9. The summed E-state index contributed by atoms with van der Waals surface area (Å²) >= 11 is -1.28. The standard InChI is InChI=1S/C21H24F3N3O3S/c1-2-16-7-9-26(15-20(28)29)19(16)8-14-31(30)27-12-10-25(11-13-27)18-5-3-17(4-6-18)21(22,23)24/h2-9H,10-15H2,1H3,(H,28,29)/b16-2-,19-8+. The lowest BCUT2D eigenvalue weighted by molar-refractivity contribution is -0.138. The van der Waals surface area contributed by atoms with E-state index >= 15 is 0 Å². The maximum atomic E-state index is 12.8. The number of nitrogens with zero attached hydrogens (tertiary/aromatic N) is 3. The minimum atomic E-state index is -4.36. The first kappa shape index (κ1) is 23.2. The summed E-state index contributed by atoms with van der Waals surface area (Å²) in [7, 11) is 0. The molecular formula is C21H24F3N3O3S. The van der Waals surface area contributed by atoms with Gasteiger partial charge in [0.25, 0.3) is 0 Å². The highest BCUT2D eigenvalue weighted by molar-refractivity contribution is 7.89. The average Bonchev–Trinajstić information content (AvgIpc) is 3.12. The number of carboxylic acids is 1. The Hall–Kier alpha value is -2.43. The minimum absolute atomic E-state index is 0.169. The van der Waals surface area contributed by atoms with Gasteiger partial charge in [-0.1, -0.05) is 6.08 Å². The number of carbonyl (C=O) groups is 1. The zero-order chi connectivity index (χ0) is 22.6. The number of aromatic nitrogens is 1. The Labute approximate surface area is 181 Å². The first-order valence-electron chi connectivity index (χ1n) is 9.78. The number of aliphatic carboxylic acids is 1. The van der Waals surface area contributed by atoms with E-state index in [0.717, 1.165) is 22.7 Å². The van der Waals surface area contributed by atoms with Gasteiger partial charge in [-0.3, -0.25) is 4.79 Å². The van der Waals surface area contributed by atoms with Crippen LogP contribution in [0.1, 0.15) is 12.5 Å². The molecule has 0 spiro atoms. The molecule has 0 amide bonds. The average molecular weight is 456 g/mol. The largest absolute Gasteiger partial charge is 0.598 e. The van der Waals surface area contributed by atoms with Crippen LogP contribution in [0.15, 0.2) is 36.5 Å². The number of hydrogen-bond acceptors (Lipinski definition) is 4. The molecule has 0 radical (unpaired) electrons. The smallest absolute Gasteiger partial charge is 0.416 e. The fourth-order valence-corrected chi connectivity index (χ4v) is 4.61. The molecule has 6 nitrogen and oxygen atoms in total. The van der Waals surface area contributed by atoms with Crippen molar-refractivity contribution in [1.82, 2.24) is 8.87 Å². The minimum Gasteiger partial charge on any atom is -0.598 e. The van der Waals surface area contributed by atoms with Gasteiger partial charge in [0.05, 0.1) is 18.7 Å². The lowest BCUT2D eigenvalue weighted by Gasteiger charge is -2.35. The summed E-state index contributed by atoms with van der Waals surface area (Å²) in [6.45, 7) is 3.84. The summed E-state index contributed by atoms with van der Waals surface area (Å²) in [5.41, 5.74) is 0.0301. The molecule has 0 saturated carbocycles. The monoisotopic (exact) mass is 455 g/mol. The van der Waals surface area contributed by atoms with E-state index < -0.39 is 29.1 Å². The van der Waals surface area contributed by atoms with Crippen LogP contribution in [0.2, 0.25) is 0 Å². The third-order valence-corrected chi connectivity index (χ3v) is 6.55. The SMILES string of the molecule is C/C=c1/ccn(CC(=O)O)/c1=C/C[S+]([O-])N1CCN(c2ccc(C(F)(F)F)cc2)CC1. The number of rotatable bonds is 6. The van der Waals surface area contributed by atoms with Crippen molar-refractivity contribution >= 4 is 35.2 Å². The number of halogens is 3. The summed E-state index contributed by atoms with van der Waals surface area (Å²) in [4.78, 5) is 13.0. The molecule has 3 rings (SSSR count). The van der Waals surface area contributed by atoms with Gasteiger partial charge >= 0.3 is 12.1 Å². The van der Waals surface area contributed by atoms with Crippen molar-refractivity contribution in [2.45, 2.75) is 19.6 Å². The maximum Gasteiger partial charge on any atom is 0.416 e. The van der Waals surface area contributed by atoms with Crippen molar-refractivity contribution in [3.8, 4) is 0 Å². The van der Waals surface area contributed by atoms with Crippen LogP contribution in [0, 0.1) is 0 Å². The summed E-state index contributed by atoms with van der Waals surface area (Å²) in [6.07, 6.45) is 0.998. The van der Waals surface area contributed by atoms with Crippen molar-refractivity contribution in [2.75, 3.05) is 36.8 Å². The van der Waals surface area contributed by atoms with Crippen molar-refractivity contribution in [2.24, 2.45) is 0 Å². The molecule has 2 heterocycles. The summed E-state index contributed by atoms with van der Waals surface area (Å²) in [5, 5.41) is 10.7. The van der Waals surface area contributed by atoms with E-state index in [-0.39, 0.29) is 12.3 Å². The van der Waals surface area contributed by atoms with Gasteiger partial charge in [-0.05, 0) is 48.6 Å². The summed E-state index contributed by atoms with van der Waals surface area (Å²) in [6, 6.07) is 6.89. The highest BCUT2D eigenvalue weighted by Gasteiger charge is 2.31. The number of piperazine rings is 1. The molecule has 1 saturated heterocycles. The van der Waals surface area contributed by atoms with Crippen LogP contribution in [-0.4, -0.2) is 56.4 Å². The first-order valence-corrected chi connectivity index (χ1v) is 11.1. The van der Waals surface area contributed by atoms with E-state index in [4.69, 9.17) is 5.11 Å². The molecule has 10 heteroatoms. The Morgan fingerprint density at radius 3 is 2.35 bits per heavy atom. The van der Waals surface area contributed by atoms with Crippen LogP contribution in [0.3, 0.4) is 0 Å². The van der Waals surface area contributed by atoms with E-state index in [0.29, 0.717) is 31.9 Å². The van der Waals surface area contributed by atoms with Gasteiger partial charge in [0.15, 0.2) is 0 Å². The lowest BCUT2D eigenvalue weighted by atomic mass is 10.2. The van der Waals surface area contributed by atoms with Crippen molar-refractivity contribution < 1.29 is 27.6 Å². The maximum absolute atomic E-state index is 12.8. The van der Waals surface area contributed by atoms with E-state index in [1.807, 2.05) is 28.3 Å². The third-order valence-electron chi connectivity index (χ3n) is 5.16. The number of hydrogen-bond donors (Lipinski definition) is 1. The molecule has 1 aromatic carbocycles. The molecule has 1 aliphatic rings. The predicted octanol–water partition coefficient (Wildman–Crippen LogP) is 1.66. The number of alkyl halides is 3. The van der Waals surface area contributed by atoms with Crippen molar-refractivity contribution in [1.29, 1.82) is 0 Å². The van der Waals surface area contributed by atoms with Gasteiger partial charge in [-0.25, -0.2) is 0 Å². The number of anilines is 1. The van der Waals surface area contributed by atoms with E-state index in [2.05, 4.69) is 0 Å². The molecule has 1 aromatic heterocycles. The van der Waals surface area contributed by atoms with Crippen LogP contribution >= 0.6 is 0 Å². The zero-order valence-electron chi connectivity index (χ0n) is 17.0. The Balaban J connectivity index is 1.61. The van der Waals surface area contributed by atoms with Crippen LogP contribution in [0.4, 0.5) is 18.9 Å². The second-order valence-electron chi connectivity index (χ2n) is 7.12. The number of benzene rings is 1. The molecule has 1 unspecified atom stereocenters. The van der Waals surface area contributed by atoms with E-state index in [1.54, 1.807) is 16.8 Å². The second-order valence-corrected chi connectivity index (χ2v) is 8.61. The van der Waals surface area contributed by atoms with Gasteiger partial charge in [0, 0.05) is 41.7 Å². The molecule has 1 fully saturated rings. The molecule has 1 N–H and O–H groups in total. The Kier molecular flexibility index (Phi) is 7.34. The molecule has 31 heavy (non-hydrogen) atoms. The van der Waals surface area contributed by atoms with Gasteiger partial charge in [-0.15, -0.1) is 4.31 Å². The van der Waals surface area contributed by atoms with Gasteiger partial charge in [-0.2, -0.15) is 13.2 Å². The topological polar surface area (TPSA) is 71.8 Å². The quantitative estimate of drug-likeness (QED) is 0.671. The van der Waals surface area contributed by atoms with Gasteiger partial charge in [0.1, 0.15) is 12.3 Å². The second kappa shape index (κ2) is 9.80. The molecular weight excluding hydrogens is 431 g/mol. The molecule has 168 valence electrons. The first-order chi connectivity index (χ1) is 14.7. The van der Waals surface area contributed by atoms with Crippen LogP contribution in [-0.2, 0) is 28.9 Å². The summed E-state index contributed by atoms with van der Waals surface area (Å²) < 4.78 is 54.4. The molecule has 1 atom stereocenters. The van der Waals surface area contributed by atoms with Crippen LogP contribution in [0.25, 0.3) is 12.2 Å². The van der Waals surface area contributed by atoms with Crippen LogP contribution < -0.4 is 15.5 Å². The summed E-state index contributed by atoms with van der Waals surface area (Å²) in [5.74, 6) is -0.696. The zero-order valence-corrected chi connectivity index (χ0v) is 17.8. The Bertz CT molecular complexity index is 1010. The Morgan fingerprint density at radius 2 is 1.81 bits per heavy atom. The van der Waals surface area contributed by atoms with Crippen LogP contribution in [0.5, 0.6) is 0 Å². The highest BCUT2D eigenvalue weighted by atomic mass is 32.2. The molecule has 1 aliphatic heterocycles. The van der Waals surface area contributed by atoms with Crippen molar-refractivity contribution in [3.63, 3.8) is 0 Å². The molecule has 2 aromatic rings.